The number of hydrogen-bond acceptors (Lipinski definition) is 6. The molecule has 3 heterocycles. The van der Waals surface area contributed by atoms with Gasteiger partial charge >= 0.3 is 11.4 Å². The number of anilines is 1. The first-order chi connectivity index (χ1) is 14.4. The van der Waals surface area contributed by atoms with Gasteiger partial charge in [-0.2, -0.15) is 10.1 Å². The van der Waals surface area contributed by atoms with Crippen LogP contribution in [0.1, 0.15) is 43.1 Å². The summed E-state index contributed by atoms with van der Waals surface area (Å²) >= 11 is 0. The largest absolute Gasteiger partial charge is 0.381 e. The average Bonchev–Trinajstić information content (AvgIpc) is 3.06. The summed E-state index contributed by atoms with van der Waals surface area (Å²) in [4.78, 5) is 31.8. The van der Waals surface area contributed by atoms with Gasteiger partial charge in [0.1, 0.15) is 0 Å². The highest BCUT2D eigenvalue weighted by Gasteiger charge is 2.20. The second kappa shape index (κ2) is 8.27. The van der Waals surface area contributed by atoms with Crippen molar-refractivity contribution in [1.29, 1.82) is 0 Å². The maximum atomic E-state index is 12.5. The van der Waals surface area contributed by atoms with Gasteiger partial charge in [-0.05, 0) is 43.9 Å². The molecule has 9 heteroatoms. The zero-order valence-corrected chi connectivity index (χ0v) is 17.4. The Kier molecular flexibility index (Phi) is 5.54. The Balaban J connectivity index is 1.56. The summed E-state index contributed by atoms with van der Waals surface area (Å²) < 4.78 is 8.30. The Morgan fingerprint density at radius 1 is 1.27 bits per heavy atom. The molecule has 0 spiro atoms. The smallest absolute Gasteiger partial charge is 0.355 e. The SMILES string of the molecule is Cc1nn(C)cc1-c1cccc([C@H](C)Nc2nc(=O)n(C3CCOCC3)c(=O)[nH]2)c1. The van der Waals surface area contributed by atoms with Crippen LogP contribution in [0.25, 0.3) is 11.1 Å². The van der Waals surface area contributed by atoms with Gasteiger partial charge in [-0.1, -0.05) is 18.2 Å². The highest BCUT2D eigenvalue weighted by molar-refractivity contribution is 5.66. The third-order valence-electron chi connectivity index (χ3n) is 5.48. The predicted molar refractivity (Wildman–Crippen MR) is 114 cm³/mol. The zero-order valence-electron chi connectivity index (χ0n) is 17.4. The van der Waals surface area contributed by atoms with Gasteiger partial charge in [-0.3, -0.25) is 9.67 Å². The van der Waals surface area contributed by atoms with Crippen molar-refractivity contribution in [2.45, 2.75) is 38.8 Å². The Labute approximate surface area is 173 Å². The van der Waals surface area contributed by atoms with Crippen LogP contribution in [0.4, 0.5) is 5.95 Å². The minimum absolute atomic E-state index is 0.164. The van der Waals surface area contributed by atoms with Gasteiger partial charge in [0.2, 0.25) is 5.95 Å². The first-order valence-electron chi connectivity index (χ1n) is 10.1. The number of nitrogens with one attached hydrogen (secondary N) is 2. The van der Waals surface area contributed by atoms with Crippen molar-refractivity contribution in [2.24, 2.45) is 7.05 Å². The van der Waals surface area contributed by atoms with E-state index < -0.39 is 11.4 Å². The lowest BCUT2D eigenvalue weighted by atomic mass is 10.0. The van der Waals surface area contributed by atoms with Crippen LogP contribution in [0.3, 0.4) is 0 Å². The third kappa shape index (κ3) is 4.06. The molecule has 158 valence electrons. The van der Waals surface area contributed by atoms with Gasteiger partial charge < -0.3 is 10.1 Å². The Morgan fingerprint density at radius 2 is 2.03 bits per heavy atom. The highest BCUT2D eigenvalue weighted by atomic mass is 16.5. The van der Waals surface area contributed by atoms with Crippen molar-refractivity contribution in [3.63, 3.8) is 0 Å². The maximum Gasteiger partial charge on any atom is 0.355 e. The number of H-pyrrole nitrogens is 1. The van der Waals surface area contributed by atoms with Gasteiger partial charge in [0.25, 0.3) is 0 Å². The maximum absolute atomic E-state index is 12.5. The van der Waals surface area contributed by atoms with Crippen LogP contribution < -0.4 is 16.7 Å². The molecule has 0 unspecified atom stereocenters. The van der Waals surface area contributed by atoms with Crippen LogP contribution in [-0.4, -0.2) is 37.5 Å². The second-order valence-corrected chi connectivity index (χ2v) is 7.68. The predicted octanol–water partition coefficient (Wildman–Crippen LogP) is 2.17. The third-order valence-corrected chi connectivity index (χ3v) is 5.48. The van der Waals surface area contributed by atoms with Crippen molar-refractivity contribution in [3.8, 4) is 11.1 Å². The van der Waals surface area contributed by atoms with Crippen LogP contribution in [0.5, 0.6) is 0 Å². The van der Waals surface area contributed by atoms with Crippen LogP contribution in [0.15, 0.2) is 40.1 Å². The molecule has 1 atom stereocenters. The molecule has 0 aliphatic carbocycles. The standard InChI is InChI=1S/C21H26N6O3/c1-13(15-5-4-6-16(11-15)18-12-26(3)25-14(18)2)22-19-23-20(28)27(21(29)24-19)17-7-9-30-10-8-17/h4-6,11-13,17H,7-10H2,1-3H3,(H2,22,23,24,28,29)/t13-/m0/s1. The molecule has 4 rings (SSSR count). The molecule has 0 radical (unpaired) electrons. The molecule has 0 saturated carbocycles. The molecule has 1 fully saturated rings. The van der Waals surface area contributed by atoms with Crippen molar-refractivity contribution >= 4 is 5.95 Å². The van der Waals surface area contributed by atoms with E-state index in [4.69, 9.17) is 4.74 Å². The van der Waals surface area contributed by atoms with E-state index in [1.807, 2.05) is 45.3 Å². The minimum atomic E-state index is -0.542. The van der Waals surface area contributed by atoms with E-state index in [0.717, 1.165) is 22.4 Å². The molecular formula is C21H26N6O3. The molecule has 1 aliphatic heterocycles. The topological polar surface area (TPSA) is 107 Å². The lowest BCUT2D eigenvalue weighted by molar-refractivity contribution is 0.0670. The monoisotopic (exact) mass is 410 g/mol. The van der Waals surface area contributed by atoms with Gasteiger partial charge in [-0.15, -0.1) is 0 Å². The molecule has 1 aliphatic rings. The van der Waals surface area contributed by atoms with Gasteiger partial charge in [0.05, 0.1) is 11.7 Å². The molecule has 9 nitrogen and oxygen atoms in total. The van der Waals surface area contributed by atoms with E-state index in [-0.39, 0.29) is 18.0 Å². The van der Waals surface area contributed by atoms with Gasteiger partial charge in [0.15, 0.2) is 0 Å². The Hall–Kier alpha value is -3.20. The van der Waals surface area contributed by atoms with E-state index in [0.29, 0.717) is 26.1 Å². The Morgan fingerprint density at radius 3 is 2.70 bits per heavy atom. The summed E-state index contributed by atoms with van der Waals surface area (Å²) in [5, 5.41) is 7.55. The summed E-state index contributed by atoms with van der Waals surface area (Å²) in [7, 11) is 1.90. The average molecular weight is 410 g/mol. The molecule has 30 heavy (non-hydrogen) atoms. The van der Waals surface area contributed by atoms with Crippen LogP contribution in [0.2, 0.25) is 0 Å². The number of nitrogens with zero attached hydrogens (tertiary/aromatic N) is 4. The first-order valence-corrected chi connectivity index (χ1v) is 10.1. The minimum Gasteiger partial charge on any atom is -0.381 e. The fraction of sp³-hybridized carbons (Fsp3) is 0.429. The van der Waals surface area contributed by atoms with Gasteiger partial charge in [0, 0.05) is 38.1 Å². The summed E-state index contributed by atoms with van der Waals surface area (Å²) in [5.74, 6) is 0.170. The van der Waals surface area contributed by atoms with Crippen LogP contribution in [-0.2, 0) is 11.8 Å². The highest BCUT2D eigenvalue weighted by Crippen LogP contribution is 2.26. The van der Waals surface area contributed by atoms with E-state index in [1.165, 1.54) is 4.57 Å². The lowest BCUT2D eigenvalue weighted by Crippen LogP contribution is -2.42. The quantitative estimate of drug-likeness (QED) is 0.668. The molecule has 0 bridgehead atoms. The normalized spacial score (nSPS) is 15.8. The number of benzene rings is 1. The number of rotatable bonds is 5. The summed E-state index contributed by atoms with van der Waals surface area (Å²) in [6.45, 7) is 5.02. The number of aromatic amines is 1. The fourth-order valence-electron chi connectivity index (χ4n) is 3.91. The summed E-state index contributed by atoms with van der Waals surface area (Å²) in [6, 6.07) is 7.75. The number of aromatic nitrogens is 5. The molecule has 1 saturated heterocycles. The summed E-state index contributed by atoms with van der Waals surface area (Å²) in [5.41, 5.74) is 3.10. The summed E-state index contributed by atoms with van der Waals surface area (Å²) in [6.07, 6.45) is 3.25. The molecule has 1 aromatic carbocycles. The molecule has 2 N–H and O–H groups in total. The Bertz CT molecular complexity index is 1120. The zero-order chi connectivity index (χ0) is 21.3. The molecule has 3 aromatic rings. The van der Waals surface area contributed by atoms with E-state index in [2.05, 4.69) is 26.4 Å². The first kappa shape index (κ1) is 20.1. The number of ether oxygens (including phenoxy) is 1. The van der Waals surface area contributed by atoms with Crippen molar-refractivity contribution in [3.05, 3.63) is 62.7 Å². The second-order valence-electron chi connectivity index (χ2n) is 7.68. The van der Waals surface area contributed by atoms with Crippen LogP contribution in [0, 0.1) is 6.92 Å². The molecule has 0 amide bonds. The lowest BCUT2D eigenvalue weighted by Gasteiger charge is -2.23. The van der Waals surface area contributed by atoms with Crippen molar-refractivity contribution < 1.29 is 4.74 Å². The van der Waals surface area contributed by atoms with Crippen molar-refractivity contribution in [1.82, 2.24) is 24.3 Å². The fourth-order valence-corrected chi connectivity index (χ4v) is 3.91. The van der Waals surface area contributed by atoms with E-state index >= 15 is 0 Å². The van der Waals surface area contributed by atoms with Gasteiger partial charge in [-0.25, -0.2) is 14.2 Å². The van der Waals surface area contributed by atoms with E-state index in [1.54, 1.807) is 4.68 Å². The van der Waals surface area contributed by atoms with Crippen molar-refractivity contribution in [2.75, 3.05) is 18.5 Å². The van der Waals surface area contributed by atoms with E-state index in [9.17, 15) is 9.59 Å². The van der Waals surface area contributed by atoms with Crippen LogP contribution >= 0.6 is 0 Å². The molecular weight excluding hydrogens is 384 g/mol. The molecule has 2 aromatic heterocycles. The number of hydrogen-bond donors (Lipinski definition) is 2. The number of aryl methyl sites for hydroxylation is 2.